The first-order valence-corrected chi connectivity index (χ1v) is 8.28. The minimum Gasteiger partial charge on any atom is -0.463 e. The number of rotatable bonds is 3. The molecular formula is C18H14Cl2N2O3. The number of halogens is 2. The number of carbonyl (C=O) groups is 2. The Bertz CT molecular complexity index is 880. The number of benzodiazepines with no additional fused rings is 1. The molecular weight excluding hydrogens is 363 g/mol. The van der Waals surface area contributed by atoms with Crippen LogP contribution in [0.4, 0.5) is 5.69 Å². The van der Waals surface area contributed by atoms with Gasteiger partial charge in [0.2, 0.25) is 0 Å². The zero-order valence-electron chi connectivity index (χ0n) is 13.3. The summed E-state index contributed by atoms with van der Waals surface area (Å²) in [6.07, 6.45) is 0. The highest BCUT2D eigenvalue weighted by Crippen LogP contribution is 2.29. The van der Waals surface area contributed by atoms with Gasteiger partial charge in [-0.05, 0) is 24.3 Å². The van der Waals surface area contributed by atoms with E-state index >= 15 is 0 Å². The van der Waals surface area contributed by atoms with Crippen LogP contribution in [0.2, 0.25) is 10.0 Å². The van der Waals surface area contributed by atoms with Gasteiger partial charge in [-0.15, -0.1) is 0 Å². The average Bonchev–Trinajstić information content (AvgIpc) is 2.70. The smallest absolute Gasteiger partial charge is 0.302 e. The monoisotopic (exact) mass is 376 g/mol. The van der Waals surface area contributed by atoms with Crippen molar-refractivity contribution in [3.63, 3.8) is 0 Å². The molecule has 7 heteroatoms. The average molecular weight is 377 g/mol. The van der Waals surface area contributed by atoms with Gasteiger partial charge in [-0.2, -0.15) is 0 Å². The van der Waals surface area contributed by atoms with Crippen LogP contribution in [-0.4, -0.2) is 30.2 Å². The zero-order valence-corrected chi connectivity index (χ0v) is 14.8. The van der Waals surface area contributed by atoms with Crippen molar-refractivity contribution >= 4 is 46.5 Å². The summed E-state index contributed by atoms with van der Waals surface area (Å²) in [6, 6.07) is 11.4. The predicted molar refractivity (Wildman–Crippen MR) is 97.6 cm³/mol. The van der Waals surface area contributed by atoms with Gasteiger partial charge >= 0.3 is 5.97 Å². The minimum absolute atomic E-state index is 0.156. The first kappa shape index (κ1) is 17.5. The van der Waals surface area contributed by atoms with E-state index in [0.717, 1.165) is 0 Å². The lowest BCUT2D eigenvalue weighted by Gasteiger charge is -2.12. The Morgan fingerprint density at radius 2 is 1.96 bits per heavy atom. The molecule has 0 saturated carbocycles. The van der Waals surface area contributed by atoms with E-state index in [-0.39, 0.29) is 12.5 Å². The molecule has 5 nitrogen and oxygen atoms in total. The molecule has 128 valence electrons. The number of aliphatic imine (C=N–C) groups is 1. The fraction of sp³-hybridized carbons (Fsp3) is 0.167. The van der Waals surface area contributed by atoms with Gasteiger partial charge in [-0.1, -0.05) is 41.4 Å². The Morgan fingerprint density at radius 3 is 2.68 bits per heavy atom. The van der Waals surface area contributed by atoms with Crippen molar-refractivity contribution in [2.75, 3.05) is 11.9 Å². The number of benzene rings is 2. The molecule has 1 aliphatic rings. The fourth-order valence-electron chi connectivity index (χ4n) is 2.50. The fourth-order valence-corrected chi connectivity index (χ4v) is 2.90. The van der Waals surface area contributed by atoms with Gasteiger partial charge in [0.25, 0.3) is 5.91 Å². The summed E-state index contributed by atoms with van der Waals surface area (Å²) in [5.74, 6) is -0.848. The van der Waals surface area contributed by atoms with Crippen LogP contribution >= 0.6 is 23.2 Å². The Balaban J connectivity index is 2.15. The van der Waals surface area contributed by atoms with Gasteiger partial charge in [-0.25, -0.2) is 0 Å². The van der Waals surface area contributed by atoms with Crippen molar-refractivity contribution in [1.82, 2.24) is 0 Å². The van der Waals surface area contributed by atoms with Crippen molar-refractivity contribution in [2.45, 2.75) is 13.0 Å². The summed E-state index contributed by atoms with van der Waals surface area (Å²) in [6.45, 7) is 1.12. The van der Waals surface area contributed by atoms with Crippen molar-refractivity contribution in [2.24, 2.45) is 4.99 Å². The largest absolute Gasteiger partial charge is 0.463 e. The van der Waals surface area contributed by atoms with Gasteiger partial charge in [0, 0.05) is 28.1 Å². The Hall–Kier alpha value is -2.37. The van der Waals surface area contributed by atoms with Crippen LogP contribution in [0.3, 0.4) is 0 Å². The van der Waals surface area contributed by atoms with Crippen LogP contribution in [0.5, 0.6) is 0 Å². The van der Waals surface area contributed by atoms with Crippen molar-refractivity contribution in [1.29, 1.82) is 0 Å². The number of fused-ring (bicyclic) bond motifs is 1. The van der Waals surface area contributed by atoms with E-state index in [0.29, 0.717) is 32.6 Å². The summed E-state index contributed by atoms with van der Waals surface area (Å²) in [4.78, 5) is 28.1. The summed E-state index contributed by atoms with van der Waals surface area (Å²) in [5.41, 5.74) is 2.40. The molecule has 2 aromatic carbocycles. The maximum absolute atomic E-state index is 12.5. The SMILES string of the molecule is CC(=O)OCC1N=C(c2ccccc2Cl)c2cc(Cl)ccc2NC1=O. The predicted octanol–water partition coefficient (Wildman–Crippen LogP) is 3.71. The molecule has 0 aliphatic carbocycles. The van der Waals surface area contributed by atoms with Gasteiger partial charge in [-0.3, -0.25) is 14.6 Å². The van der Waals surface area contributed by atoms with E-state index in [2.05, 4.69) is 10.3 Å². The van der Waals surface area contributed by atoms with E-state index in [4.69, 9.17) is 27.9 Å². The molecule has 0 bridgehead atoms. The first-order valence-electron chi connectivity index (χ1n) is 7.52. The second-order valence-electron chi connectivity index (χ2n) is 5.46. The molecule has 1 amide bonds. The quantitative estimate of drug-likeness (QED) is 0.830. The molecule has 1 N–H and O–H groups in total. The molecule has 1 unspecified atom stereocenters. The maximum Gasteiger partial charge on any atom is 0.302 e. The molecule has 0 radical (unpaired) electrons. The number of nitrogens with one attached hydrogen (secondary N) is 1. The number of amides is 1. The second-order valence-corrected chi connectivity index (χ2v) is 6.30. The number of hydrogen-bond acceptors (Lipinski definition) is 4. The normalized spacial score (nSPS) is 16.4. The topological polar surface area (TPSA) is 67.8 Å². The Labute approximate surface area is 154 Å². The van der Waals surface area contributed by atoms with Crippen molar-refractivity contribution in [3.8, 4) is 0 Å². The third kappa shape index (κ3) is 3.83. The molecule has 25 heavy (non-hydrogen) atoms. The van der Waals surface area contributed by atoms with E-state index in [1.54, 1.807) is 24.3 Å². The van der Waals surface area contributed by atoms with Crippen LogP contribution in [0.15, 0.2) is 47.5 Å². The summed E-state index contributed by atoms with van der Waals surface area (Å²) < 4.78 is 4.98. The Kier molecular flexibility index (Phi) is 5.06. The van der Waals surface area contributed by atoms with Crippen molar-refractivity contribution < 1.29 is 14.3 Å². The lowest BCUT2D eigenvalue weighted by Crippen LogP contribution is -2.30. The molecule has 0 spiro atoms. The number of carbonyl (C=O) groups excluding carboxylic acids is 2. The summed E-state index contributed by atoms with van der Waals surface area (Å²) in [5, 5.41) is 3.80. The number of ether oxygens (including phenoxy) is 1. The van der Waals surface area contributed by atoms with Crippen LogP contribution in [0.25, 0.3) is 0 Å². The zero-order chi connectivity index (χ0) is 18.0. The van der Waals surface area contributed by atoms with E-state index in [1.807, 2.05) is 18.2 Å². The van der Waals surface area contributed by atoms with Crippen LogP contribution < -0.4 is 5.32 Å². The highest BCUT2D eigenvalue weighted by molar-refractivity contribution is 6.37. The number of anilines is 1. The number of esters is 1. The first-order chi connectivity index (χ1) is 12.0. The lowest BCUT2D eigenvalue weighted by molar-refractivity contribution is -0.142. The molecule has 1 heterocycles. The third-order valence-corrected chi connectivity index (χ3v) is 4.22. The van der Waals surface area contributed by atoms with E-state index in [1.165, 1.54) is 6.92 Å². The lowest BCUT2D eigenvalue weighted by atomic mass is 10.0. The van der Waals surface area contributed by atoms with Gasteiger partial charge in [0.1, 0.15) is 6.61 Å². The molecule has 2 aromatic rings. The highest BCUT2D eigenvalue weighted by atomic mass is 35.5. The minimum atomic E-state index is -0.888. The number of hydrogen-bond donors (Lipinski definition) is 1. The third-order valence-electron chi connectivity index (χ3n) is 3.66. The van der Waals surface area contributed by atoms with Gasteiger partial charge in [0.05, 0.1) is 11.4 Å². The van der Waals surface area contributed by atoms with Gasteiger partial charge in [0.15, 0.2) is 6.04 Å². The molecule has 0 fully saturated rings. The van der Waals surface area contributed by atoms with Crippen LogP contribution in [0, 0.1) is 0 Å². The summed E-state index contributed by atoms with van der Waals surface area (Å²) >= 11 is 12.5. The second kappa shape index (κ2) is 7.25. The highest BCUT2D eigenvalue weighted by Gasteiger charge is 2.27. The number of nitrogens with zero attached hydrogens (tertiary/aromatic N) is 1. The molecule has 1 atom stereocenters. The van der Waals surface area contributed by atoms with Gasteiger partial charge < -0.3 is 10.1 Å². The molecule has 1 aliphatic heterocycles. The summed E-state index contributed by atoms with van der Waals surface area (Å²) in [7, 11) is 0. The Morgan fingerprint density at radius 1 is 1.20 bits per heavy atom. The van der Waals surface area contributed by atoms with Crippen molar-refractivity contribution in [3.05, 3.63) is 63.6 Å². The van der Waals surface area contributed by atoms with Crippen LogP contribution in [-0.2, 0) is 14.3 Å². The molecule has 0 saturated heterocycles. The standard InChI is InChI=1S/C18H14Cl2N2O3/c1-10(23)25-9-16-18(24)22-15-7-6-11(19)8-13(15)17(21-16)12-4-2-3-5-14(12)20/h2-8,16H,9H2,1H3,(H,22,24). The molecule has 0 aromatic heterocycles. The molecule has 3 rings (SSSR count). The van der Waals surface area contributed by atoms with Crippen LogP contribution in [0.1, 0.15) is 18.1 Å². The maximum atomic E-state index is 12.5. The van der Waals surface area contributed by atoms with E-state index in [9.17, 15) is 9.59 Å². The van der Waals surface area contributed by atoms with E-state index < -0.39 is 12.0 Å².